The smallest absolute Gasteiger partial charge is 0.250 e. The Bertz CT molecular complexity index is 582. The summed E-state index contributed by atoms with van der Waals surface area (Å²) in [6, 6.07) is 7.08. The van der Waals surface area contributed by atoms with Crippen LogP contribution in [0.1, 0.15) is 13.8 Å². The molecule has 0 saturated carbocycles. The third-order valence-corrected chi connectivity index (χ3v) is 2.85. The molecule has 0 radical (unpaired) electrons. The second kappa shape index (κ2) is 6.54. The molecule has 0 unspecified atom stereocenters. The highest BCUT2D eigenvalue weighted by molar-refractivity contribution is 6.33. The summed E-state index contributed by atoms with van der Waals surface area (Å²) in [5, 5.41) is 7.44. The number of hydrogen-bond acceptors (Lipinski definition) is 3. The summed E-state index contributed by atoms with van der Waals surface area (Å²) in [7, 11) is 0. The van der Waals surface area contributed by atoms with Crippen LogP contribution in [0, 0.1) is 0 Å². The van der Waals surface area contributed by atoms with Crippen molar-refractivity contribution in [2.75, 3.05) is 11.9 Å². The average Bonchev–Trinajstić information content (AvgIpc) is 2.90. The fraction of sp³-hybridized carbons (Fsp3) is 0.286. The highest BCUT2D eigenvalue weighted by Crippen LogP contribution is 2.27. The van der Waals surface area contributed by atoms with Crippen LogP contribution in [0.15, 0.2) is 36.7 Å². The number of ether oxygens (including phenoxy) is 1. The summed E-state index contributed by atoms with van der Waals surface area (Å²) < 4.78 is 6.88. The molecule has 5 nitrogen and oxygen atoms in total. The number of halogens is 1. The molecule has 1 aromatic carbocycles. The number of nitrogens with zero attached hydrogens (tertiary/aromatic N) is 2. The quantitative estimate of drug-likeness (QED) is 0.922. The first-order valence-corrected chi connectivity index (χ1v) is 6.65. The maximum absolute atomic E-state index is 11.8. The van der Waals surface area contributed by atoms with Gasteiger partial charge in [0.15, 0.2) is 0 Å². The molecule has 0 saturated heterocycles. The molecule has 1 heterocycles. The van der Waals surface area contributed by atoms with Crippen molar-refractivity contribution in [3.05, 3.63) is 41.7 Å². The summed E-state index contributed by atoms with van der Waals surface area (Å²) >= 11 is 6.19. The number of aromatic nitrogens is 2. The Hall–Kier alpha value is -1.85. The molecule has 0 spiro atoms. The Labute approximate surface area is 122 Å². The number of carbonyl (C=O) groups excluding carboxylic acids is 1. The molecular formula is C14H16ClN3O2. The van der Waals surface area contributed by atoms with Crippen molar-refractivity contribution in [2.45, 2.75) is 20.0 Å². The van der Waals surface area contributed by atoms with Gasteiger partial charge in [0.2, 0.25) is 5.91 Å². The molecule has 20 heavy (non-hydrogen) atoms. The van der Waals surface area contributed by atoms with Gasteiger partial charge in [-0.25, -0.2) is 4.68 Å². The van der Waals surface area contributed by atoms with Gasteiger partial charge in [0.1, 0.15) is 12.3 Å². The highest BCUT2D eigenvalue weighted by atomic mass is 35.5. The lowest BCUT2D eigenvalue weighted by Gasteiger charge is -2.13. The van der Waals surface area contributed by atoms with Crippen LogP contribution in [0.4, 0.5) is 5.69 Å². The van der Waals surface area contributed by atoms with Gasteiger partial charge in [-0.2, -0.15) is 5.10 Å². The van der Waals surface area contributed by atoms with E-state index in [4.69, 9.17) is 16.3 Å². The van der Waals surface area contributed by atoms with Crippen LogP contribution in [0.3, 0.4) is 0 Å². The number of benzene rings is 1. The minimum absolute atomic E-state index is 0.00271. The van der Waals surface area contributed by atoms with Gasteiger partial charge in [0, 0.05) is 12.4 Å². The fourth-order valence-corrected chi connectivity index (χ4v) is 1.94. The summed E-state index contributed by atoms with van der Waals surface area (Å²) in [6.07, 6.45) is 3.42. The molecule has 0 bridgehead atoms. The molecule has 2 rings (SSSR count). The second-order valence-electron chi connectivity index (χ2n) is 4.49. The predicted octanol–water partition coefficient (Wildman–Crippen LogP) is 2.89. The Kier molecular flexibility index (Phi) is 4.76. The molecule has 1 amide bonds. The van der Waals surface area contributed by atoms with Crippen molar-refractivity contribution in [1.29, 1.82) is 0 Å². The van der Waals surface area contributed by atoms with Gasteiger partial charge >= 0.3 is 0 Å². The van der Waals surface area contributed by atoms with Crippen molar-refractivity contribution in [3.8, 4) is 5.69 Å². The largest absolute Gasteiger partial charge is 0.369 e. The van der Waals surface area contributed by atoms with E-state index in [2.05, 4.69) is 10.4 Å². The molecule has 0 aliphatic heterocycles. The van der Waals surface area contributed by atoms with E-state index in [0.717, 1.165) is 0 Å². The SMILES string of the molecule is CC(C)OCC(=O)Nc1cccc(Cl)c1-n1cccn1. The fourth-order valence-electron chi connectivity index (χ4n) is 1.68. The standard InChI is InChI=1S/C14H16ClN3O2/c1-10(2)20-9-13(19)17-12-6-3-5-11(15)14(12)18-8-4-7-16-18/h3-8,10H,9H2,1-2H3,(H,17,19). The molecule has 106 valence electrons. The Morgan fingerprint density at radius 3 is 2.90 bits per heavy atom. The molecule has 6 heteroatoms. The maximum Gasteiger partial charge on any atom is 0.250 e. The minimum Gasteiger partial charge on any atom is -0.369 e. The van der Waals surface area contributed by atoms with Gasteiger partial charge in [-0.3, -0.25) is 4.79 Å². The van der Waals surface area contributed by atoms with E-state index in [1.54, 1.807) is 41.3 Å². The van der Waals surface area contributed by atoms with E-state index in [1.165, 1.54) is 0 Å². The molecule has 0 aliphatic rings. The number of nitrogens with one attached hydrogen (secondary N) is 1. The van der Waals surface area contributed by atoms with E-state index in [1.807, 2.05) is 13.8 Å². The number of rotatable bonds is 5. The van der Waals surface area contributed by atoms with Crippen LogP contribution < -0.4 is 5.32 Å². The monoisotopic (exact) mass is 293 g/mol. The number of anilines is 1. The van der Waals surface area contributed by atoms with Gasteiger partial charge in [-0.05, 0) is 32.0 Å². The van der Waals surface area contributed by atoms with Gasteiger partial charge < -0.3 is 10.1 Å². The normalized spacial score (nSPS) is 10.8. The third-order valence-electron chi connectivity index (χ3n) is 2.54. The lowest BCUT2D eigenvalue weighted by Crippen LogP contribution is -2.21. The molecule has 0 fully saturated rings. The van der Waals surface area contributed by atoms with Crippen LogP contribution in [0.2, 0.25) is 5.02 Å². The summed E-state index contributed by atoms with van der Waals surface area (Å²) in [5.41, 5.74) is 1.23. The van der Waals surface area contributed by atoms with E-state index in [9.17, 15) is 4.79 Å². The first-order chi connectivity index (χ1) is 9.58. The first kappa shape index (κ1) is 14.6. The zero-order valence-corrected chi connectivity index (χ0v) is 12.1. The topological polar surface area (TPSA) is 56.1 Å². The zero-order chi connectivity index (χ0) is 14.5. The van der Waals surface area contributed by atoms with E-state index in [-0.39, 0.29) is 18.6 Å². The van der Waals surface area contributed by atoms with Crippen LogP contribution in [-0.4, -0.2) is 28.4 Å². The summed E-state index contributed by atoms with van der Waals surface area (Å²) in [5.74, 6) is -0.227. The Morgan fingerprint density at radius 2 is 2.25 bits per heavy atom. The van der Waals surface area contributed by atoms with Gasteiger partial charge in [0.05, 0.1) is 16.8 Å². The number of carbonyl (C=O) groups is 1. The molecule has 0 aliphatic carbocycles. The Balaban J connectivity index is 2.20. The number of amides is 1. The van der Waals surface area contributed by atoms with E-state index < -0.39 is 0 Å². The van der Waals surface area contributed by atoms with Crippen LogP contribution >= 0.6 is 11.6 Å². The Morgan fingerprint density at radius 1 is 1.45 bits per heavy atom. The average molecular weight is 294 g/mol. The molecular weight excluding hydrogens is 278 g/mol. The summed E-state index contributed by atoms with van der Waals surface area (Å²) in [4.78, 5) is 11.8. The minimum atomic E-state index is -0.227. The molecule has 1 N–H and O–H groups in total. The van der Waals surface area contributed by atoms with Gasteiger partial charge in [0.25, 0.3) is 0 Å². The van der Waals surface area contributed by atoms with Crippen molar-refractivity contribution in [1.82, 2.24) is 9.78 Å². The lowest BCUT2D eigenvalue weighted by atomic mass is 10.2. The highest BCUT2D eigenvalue weighted by Gasteiger charge is 2.12. The van der Waals surface area contributed by atoms with Gasteiger partial charge in [-0.15, -0.1) is 0 Å². The summed E-state index contributed by atoms with van der Waals surface area (Å²) in [6.45, 7) is 3.76. The maximum atomic E-state index is 11.8. The number of hydrogen-bond donors (Lipinski definition) is 1. The van der Waals surface area contributed by atoms with Crippen LogP contribution in [0.5, 0.6) is 0 Å². The number of para-hydroxylation sites is 1. The first-order valence-electron chi connectivity index (χ1n) is 6.28. The zero-order valence-electron chi connectivity index (χ0n) is 11.3. The molecule has 2 aromatic rings. The van der Waals surface area contributed by atoms with Crippen molar-refractivity contribution in [2.24, 2.45) is 0 Å². The van der Waals surface area contributed by atoms with E-state index >= 15 is 0 Å². The van der Waals surface area contributed by atoms with Crippen molar-refractivity contribution < 1.29 is 9.53 Å². The van der Waals surface area contributed by atoms with E-state index in [0.29, 0.717) is 16.4 Å². The van der Waals surface area contributed by atoms with Crippen LogP contribution in [0.25, 0.3) is 5.69 Å². The van der Waals surface area contributed by atoms with Crippen molar-refractivity contribution in [3.63, 3.8) is 0 Å². The predicted molar refractivity (Wildman–Crippen MR) is 78.3 cm³/mol. The molecule has 1 aromatic heterocycles. The van der Waals surface area contributed by atoms with Crippen LogP contribution in [-0.2, 0) is 9.53 Å². The second-order valence-corrected chi connectivity index (χ2v) is 4.90. The van der Waals surface area contributed by atoms with Gasteiger partial charge in [-0.1, -0.05) is 17.7 Å². The lowest BCUT2D eigenvalue weighted by molar-refractivity contribution is -0.121. The molecule has 0 atom stereocenters. The third kappa shape index (κ3) is 3.59. The van der Waals surface area contributed by atoms with Crippen molar-refractivity contribution >= 4 is 23.2 Å².